The standard InChI is InChI=1S/C21H21ClF2N4O6S/c1-11(29)26-14(9-25-20(32)16-4-5-17(22)35-16)19(31)27-13-3-2-12(8-15(13)34-21(23)24)28-6-7-33-10-18(28)30/h2-5,8,14,21H,6-7,9-10H2,1H3,(H,25,32)(H,26,29)(H,27,31)/t14-/m1/s1. The quantitative estimate of drug-likeness (QED) is 0.456. The first-order valence-electron chi connectivity index (χ1n) is 10.2. The van der Waals surface area contributed by atoms with Gasteiger partial charge in [-0.3, -0.25) is 19.2 Å². The van der Waals surface area contributed by atoms with Gasteiger partial charge >= 0.3 is 6.61 Å². The maximum Gasteiger partial charge on any atom is 0.387 e. The number of thiophene rings is 1. The third-order valence-corrected chi connectivity index (χ3v) is 5.92. The Balaban J connectivity index is 1.76. The van der Waals surface area contributed by atoms with Gasteiger partial charge in [-0.25, -0.2) is 0 Å². The van der Waals surface area contributed by atoms with Crippen LogP contribution in [-0.4, -0.2) is 62.6 Å². The summed E-state index contributed by atoms with van der Waals surface area (Å²) in [5.74, 6) is -2.59. The van der Waals surface area contributed by atoms with E-state index < -0.39 is 30.4 Å². The molecule has 2 heterocycles. The van der Waals surface area contributed by atoms with Crippen LogP contribution < -0.4 is 25.6 Å². The Kier molecular flexibility index (Phi) is 8.95. The summed E-state index contributed by atoms with van der Waals surface area (Å²) in [6, 6.07) is 5.76. The molecular formula is C21H21ClF2N4O6S. The van der Waals surface area contributed by atoms with Gasteiger partial charge in [-0.2, -0.15) is 8.78 Å². The van der Waals surface area contributed by atoms with E-state index in [2.05, 4.69) is 20.7 Å². The van der Waals surface area contributed by atoms with Gasteiger partial charge in [0.1, 0.15) is 12.6 Å². The number of ether oxygens (including phenoxy) is 2. The van der Waals surface area contributed by atoms with Gasteiger partial charge in [0.2, 0.25) is 11.8 Å². The number of rotatable bonds is 9. The molecule has 3 rings (SSSR count). The summed E-state index contributed by atoms with van der Waals surface area (Å²) in [5, 5.41) is 7.34. The molecule has 35 heavy (non-hydrogen) atoms. The van der Waals surface area contributed by atoms with Crippen molar-refractivity contribution in [2.24, 2.45) is 0 Å². The van der Waals surface area contributed by atoms with Gasteiger partial charge in [-0.15, -0.1) is 11.3 Å². The fourth-order valence-electron chi connectivity index (χ4n) is 3.16. The molecule has 0 unspecified atom stereocenters. The zero-order chi connectivity index (χ0) is 25.5. The fraction of sp³-hybridized carbons (Fsp3) is 0.333. The van der Waals surface area contributed by atoms with Crippen LogP contribution in [0.15, 0.2) is 30.3 Å². The minimum atomic E-state index is -3.20. The number of hydrogen-bond acceptors (Lipinski definition) is 7. The van der Waals surface area contributed by atoms with Crippen molar-refractivity contribution in [3.63, 3.8) is 0 Å². The van der Waals surface area contributed by atoms with Crippen LogP contribution in [0.25, 0.3) is 0 Å². The minimum absolute atomic E-state index is 0.119. The van der Waals surface area contributed by atoms with Gasteiger partial charge in [0.05, 0.1) is 21.5 Å². The summed E-state index contributed by atoms with van der Waals surface area (Å²) < 4.78 is 36.1. The van der Waals surface area contributed by atoms with Crippen molar-refractivity contribution >= 4 is 57.9 Å². The molecule has 10 nitrogen and oxygen atoms in total. The van der Waals surface area contributed by atoms with Crippen molar-refractivity contribution in [1.82, 2.24) is 10.6 Å². The number of amides is 4. The molecule has 1 aromatic carbocycles. The monoisotopic (exact) mass is 530 g/mol. The second-order valence-corrected chi connectivity index (χ2v) is 8.93. The van der Waals surface area contributed by atoms with E-state index in [1.54, 1.807) is 0 Å². The molecule has 0 spiro atoms. The molecule has 0 aliphatic carbocycles. The van der Waals surface area contributed by atoms with Crippen molar-refractivity contribution in [1.29, 1.82) is 0 Å². The average Bonchev–Trinajstić information content (AvgIpc) is 3.23. The molecule has 4 amide bonds. The molecule has 0 radical (unpaired) electrons. The van der Waals surface area contributed by atoms with E-state index in [9.17, 15) is 28.0 Å². The van der Waals surface area contributed by atoms with Crippen LogP contribution in [0.5, 0.6) is 5.75 Å². The van der Waals surface area contributed by atoms with E-state index in [4.69, 9.17) is 16.3 Å². The first kappa shape index (κ1) is 26.3. The number of carbonyl (C=O) groups is 4. The Morgan fingerprint density at radius 3 is 2.66 bits per heavy atom. The van der Waals surface area contributed by atoms with Gasteiger partial charge in [0.15, 0.2) is 5.75 Å². The summed E-state index contributed by atoms with van der Waals surface area (Å²) >= 11 is 6.86. The Labute approximate surface area is 207 Å². The molecule has 1 fully saturated rings. The van der Waals surface area contributed by atoms with Gasteiger partial charge in [0, 0.05) is 31.8 Å². The Bertz CT molecular complexity index is 1120. The van der Waals surface area contributed by atoms with Crippen molar-refractivity contribution in [3.05, 3.63) is 39.5 Å². The van der Waals surface area contributed by atoms with Crippen molar-refractivity contribution in [2.45, 2.75) is 19.6 Å². The molecule has 1 saturated heterocycles. The molecule has 0 bridgehead atoms. The lowest BCUT2D eigenvalue weighted by Crippen LogP contribution is -2.50. The predicted octanol–water partition coefficient (Wildman–Crippen LogP) is 2.24. The molecule has 1 aliphatic rings. The second kappa shape index (κ2) is 11.9. The normalized spacial score (nSPS) is 14.4. The van der Waals surface area contributed by atoms with Crippen LogP contribution in [0.2, 0.25) is 4.34 Å². The average molecular weight is 531 g/mol. The molecular weight excluding hydrogens is 510 g/mol. The number of nitrogens with zero attached hydrogens (tertiary/aromatic N) is 1. The van der Waals surface area contributed by atoms with Crippen LogP contribution in [0.1, 0.15) is 16.6 Å². The maximum absolute atomic E-state index is 13.0. The highest BCUT2D eigenvalue weighted by molar-refractivity contribution is 7.18. The van der Waals surface area contributed by atoms with E-state index in [0.717, 1.165) is 11.3 Å². The van der Waals surface area contributed by atoms with Crippen LogP contribution in [0.3, 0.4) is 0 Å². The Morgan fingerprint density at radius 2 is 2.03 bits per heavy atom. The first-order chi connectivity index (χ1) is 16.6. The highest BCUT2D eigenvalue weighted by Crippen LogP contribution is 2.32. The molecule has 1 aliphatic heterocycles. The molecule has 1 aromatic heterocycles. The van der Waals surface area contributed by atoms with Crippen molar-refractivity contribution in [2.75, 3.05) is 36.5 Å². The van der Waals surface area contributed by atoms with E-state index in [1.807, 2.05) is 0 Å². The van der Waals surface area contributed by atoms with Gasteiger partial charge < -0.3 is 30.3 Å². The van der Waals surface area contributed by atoms with E-state index in [-0.39, 0.29) is 49.3 Å². The largest absolute Gasteiger partial charge is 0.433 e. The van der Waals surface area contributed by atoms with E-state index >= 15 is 0 Å². The second-order valence-electron chi connectivity index (χ2n) is 7.21. The summed E-state index contributed by atoms with van der Waals surface area (Å²) in [6.45, 7) is -1.96. The zero-order valence-electron chi connectivity index (χ0n) is 18.3. The zero-order valence-corrected chi connectivity index (χ0v) is 19.9. The lowest BCUT2D eigenvalue weighted by molar-refractivity contribution is -0.125. The number of benzene rings is 1. The van der Waals surface area contributed by atoms with Gasteiger partial charge in [-0.1, -0.05) is 11.6 Å². The number of carbonyl (C=O) groups excluding carboxylic acids is 4. The van der Waals surface area contributed by atoms with Crippen LogP contribution >= 0.6 is 22.9 Å². The Morgan fingerprint density at radius 1 is 1.26 bits per heavy atom. The third kappa shape index (κ3) is 7.34. The molecule has 1 atom stereocenters. The summed E-state index contributed by atoms with van der Waals surface area (Å²) in [4.78, 5) is 50.5. The number of anilines is 2. The SMILES string of the molecule is CC(=O)N[C@H](CNC(=O)c1ccc(Cl)s1)C(=O)Nc1ccc(N2CCOCC2=O)cc1OC(F)F. The third-order valence-electron chi connectivity index (χ3n) is 4.69. The molecule has 14 heteroatoms. The number of hydrogen-bond donors (Lipinski definition) is 3. The van der Waals surface area contributed by atoms with Crippen LogP contribution in [0, 0.1) is 0 Å². The summed E-state index contributed by atoms with van der Waals surface area (Å²) in [5.41, 5.74) is 0.165. The van der Waals surface area contributed by atoms with Gasteiger partial charge in [-0.05, 0) is 24.3 Å². The molecule has 0 saturated carbocycles. The van der Waals surface area contributed by atoms with Gasteiger partial charge in [0.25, 0.3) is 11.8 Å². The summed E-state index contributed by atoms with van der Waals surface area (Å²) in [6.07, 6.45) is 0. The maximum atomic E-state index is 13.0. The fourth-order valence-corrected chi connectivity index (χ4v) is 4.12. The minimum Gasteiger partial charge on any atom is -0.433 e. The highest BCUT2D eigenvalue weighted by Gasteiger charge is 2.25. The molecule has 188 valence electrons. The van der Waals surface area contributed by atoms with E-state index in [0.29, 0.717) is 9.21 Å². The van der Waals surface area contributed by atoms with Crippen LogP contribution in [0.4, 0.5) is 20.2 Å². The predicted molar refractivity (Wildman–Crippen MR) is 124 cm³/mol. The smallest absolute Gasteiger partial charge is 0.387 e. The number of morpholine rings is 1. The summed E-state index contributed by atoms with van der Waals surface area (Å²) in [7, 11) is 0. The highest BCUT2D eigenvalue weighted by atomic mass is 35.5. The first-order valence-corrected chi connectivity index (χ1v) is 11.4. The van der Waals surface area contributed by atoms with Crippen molar-refractivity contribution in [3.8, 4) is 5.75 Å². The molecule has 2 aromatic rings. The topological polar surface area (TPSA) is 126 Å². The molecule has 3 N–H and O–H groups in total. The van der Waals surface area contributed by atoms with Crippen molar-refractivity contribution < 1.29 is 37.4 Å². The van der Waals surface area contributed by atoms with E-state index in [1.165, 1.54) is 42.2 Å². The number of alkyl halides is 2. The lowest BCUT2D eigenvalue weighted by atomic mass is 10.2. The Hall–Kier alpha value is -3.29. The number of halogens is 3. The lowest BCUT2D eigenvalue weighted by Gasteiger charge is -2.27. The number of nitrogens with one attached hydrogen (secondary N) is 3. The van der Waals surface area contributed by atoms with Crippen LogP contribution in [-0.2, 0) is 19.1 Å².